The molecule has 0 saturated carbocycles. The van der Waals surface area contributed by atoms with Gasteiger partial charge in [0.05, 0.1) is 35.0 Å². The van der Waals surface area contributed by atoms with Crippen LogP contribution in [-0.2, 0) is 6.54 Å². The molecule has 9 heteroatoms. The van der Waals surface area contributed by atoms with E-state index in [4.69, 9.17) is 23.7 Å². The van der Waals surface area contributed by atoms with E-state index in [1.165, 1.54) is 0 Å². The molecule has 0 amide bonds. The Morgan fingerprint density at radius 1 is 0.833 bits per heavy atom. The summed E-state index contributed by atoms with van der Waals surface area (Å²) in [6.07, 6.45) is 0. The van der Waals surface area contributed by atoms with E-state index in [2.05, 4.69) is 15.6 Å². The number of halogens is 1. The normalized spacial score (nSPS) is 10.5. The van der Waals surface area contributed by atoms with Gasteiger partial charge in [0.2, 0.25) is 0 Å². The molecule has 8 nitrogen and oxygen atoms in total. The van der Waals surface area contributed by atoms with Gasteiger partial charge >= 0.3 is 0 Å². The molecule has 0 unspecified atom stereocenters. The second-order valence-electron chi connectivity index (χ2n) is 5.87. The van der Waals surface area contributed by atoms with Gasteiger partial charge in [-0.15, -0.1) is 24.0 Å². The number of aliphatic imine (C=N–C) groups is 1. The Morgan fingerprint density at radius 2 is 1.43 bits per heavy atom. The van der Waals surface area contributed by atoms with Crippen molar-refractivity contribution in [3.05, 3.63) is 35.9 Å². The van der Waals surface area contributed by atoms with Crippen LogP contribution in [0.1, 0.15) is 12.5 Å². The molecule has 0 atom stereocenters. The summed E-state index contributed by atoms with van der Waals surface area (Å²) in [6.45, 7) is 2.97. The van der Waals surface area contributed by atoms with Crippen molar-refractivity contribution in [1.82, 2.24) is 5.32 Å². The number of hydrogen-bond acceptors (Lipinski definition) is 6. The standard InChI is InChI=1S/C21H29N3O5.HI/c1-7-29-16-9-8-15(11-19(16)27-5)24-21(22-2)23-13-14-10-18(26-4)20(28-6)12-17(14)25-3;/h8-12H,7,13H2,1-6H3,(H2,22,23,24);1H. The number of methoxy groups -OCH3 is 4. The fourth-order valence-electron chi connectivity index (χ4n) is 2.75. The van der Waals surface area contributed by atoms with Crippen molar-refractivity contribution in [2.24, 2.45) is 4.99 Å². The highest BCUT2D eigenvalue weighted by molar-refractivity contribution is 14.0. The van der Waals surface area contributed by atoms with Crippen molar-refractivity contribution in [2.75, 3.05) is 47.4 Å². The molecule has 0 heterocycles. The summed E-state index contributed by atoms with van der Waals surface area (Å²) >= 11 is 0. The van der Waals surface area contributed by atoms with Gasteiger partial charge in [-0.05, 0) is 25.1 Å². The molecule has 0 aliphatic heterocycles. The molecule has 2 rings (SSSR count). The lowest BCUT2D eigenvalue weighted by Crippen LogP contribution is -2.30. The van der Waals surface area contributed by atoms with Gasteiger partial charge in [0, 0.05) is 37.0 Å². The van der Waals surface area contributed by atoms with Gasteiger partial charge in [-0.3, -0.25) is 4.99 Å². The molecule has 166 valence electrons. The average Bonchev–Trinajstić information content (AvgIpc) is 2.76. The van der Waals surface area contributed by atoms with Gasteiger partial charge in [0.25, 0.3) is 0 Å². The first-order chi connectivity index (χ1) is 14.1. The summed E-state index contributed by atoms with van der Waals surface area (Å²) in [5, 5.41) is 6.50. The largest absolute Gasteiger partial charge is 0.496 e. The van der Waals surface area contributed by atoms with Crippen molar-refractivity contribution in [3.63, 3.8) is 0 Å². The van der Waals surface area contributed by atoms with Crippen molar-refractivity contribution < 1.29 is 23.7 Å². The minimum Gasteiger partial charge on any atom is -0.496 e. The highest BCUT2D eigenvalue weighted by atomic mass is 127. The van der Waals surface area contributed by atoms with Crippen molar-refractivity contribution >= 4 is 35.6 Å². The zero-order chi connectivity index (χ0) is 21.2. The molecule has 2 aromatic rings. The Kier molecular flexibility index (Phi) is 10.9. The lowest BCUT2D eigenvalue weighted by Gasteiger charge is -2.17. The highest BCUT2D eigenvalue weighted by Crippen LogP contribution is 2.34. The number of rotatable bonds is 9. The molecular formula is C21H30IN3O5. The Bertz CT molecular complexity index is 846. The number of ether oxygens (including phenoxy) is 5. The van der Waals surface area contributed by atoms with E-state index in [1.807, 2.05) is 31.2 Å². The molecule has 0 spiro atoms. The van der Waals surface area contributed by atoms with Crippen molar-refractivity contribution in [3.8, 4) is 28.7 Å². The van der Waals surface area contributed by atoms with Crippen LogP contribution in [0.3, 0.4) is 0 Å². The predicted molar refractivity (Wildman–Crippen MR) is 129 cm³/mol. The maximum Gasteiger partial charge on any atom is 0.195 e. The molecule has 0 aliphatic rings. The molecule has 2 aromatic carbocycles. The number of nitrogens with one attached hydrogen (secondary N) is 2. The van der Waals surface area contributed by atoms with Crippen LogP contribution in [-0.4, -0.2) is 48.1 Å². The van der Waals surface area contributed by atoms with Crippen molar-refractivity contribution in [2.45, 2.75) is 13.5 Å². The summed E-state index contributed by atoms with van der Waals surface area (Å²) < 4.78 is 27.1. The Balaban J connectivity index is 0.00000450. The van der Waals surface area contributed by atoms with E-state index in [-0.39, 0.29) is 24.0 Å². The van der Waals surface area contributed by atoms with E-state index in [0.29, 0.717) is 47.9 Å². The lowest BCUT2D eigenvalue weighted by molar-refractivity contribution is 0.311. The third-order valence-electron chi connectivity index (χ3n) is 4.18. The van der Waals surface area contributed by atoms with Gasteiger partial charge in [-0.25, -0.2) is 0 Å². The molecule has 30 heavy (non-hydrogen) atoms. The highest BCUT2D eigenvalue weighted by Gasteiger charge is 2.13. The zero-order valence-electron chi connectivity index (χ0n) is 18.2. The van der Waals surface area contributed by atoms with Crippen LogP contribution in [0.25, 0.3) is 0 Å². The maximum atomic E-state index is 5.55. The number of guanidine groups is 1. The van der Waals surface area contributed by atoms with Gasteiger partial charge in [0.1, 0.15) is 5.75 Å². The molecule has 0 aliphatic carbocycles. The third-order valence-corrected chi connectivity index (χ3v) is 4.18. The molecular weight excluding hydrogens is 501 g/mol. The zero-order valence-corrected chi connectivity index (χ0v) is 20.5. The van der Waals surface area contributed by atoms with Crippen LogP contribution in [0, 0.1) is 0 Å². The van der Waals surface area contributed by atoms with E-state index in [1.54, 1.807) is 41.6 Å². The van der Waals surface area contributed by atoms with E-state index in [0.717, 1.165) is 11.3 Å². The Morgan fingerprint density at radius 3 is 2.00 bits per heavy atom. The van der Waals surface area contributed by atoms with Crippen LogP contribution in [0.2, 0.25) is 0 Å². The van der Waals surface area contributed by atoms with Gasteiger partial charge in [-0.1, -0.05) is 0 Å². The summed E-state index contributed by atoms with van der Waals surface area (Å²) in [5.74, 6) is 3.86. The predicted octanol–water partition coefficient (Wildman–Crippen LogP) is 3.93. The van der Waals surface area contributed by atoms with Crippen LogP contribution >= 0.6 is 24.0 Å². The summed E-state index contributed by atoms with van der Waals surface area (Å²) in [6, 6.07) is 9.28. The lowest BCUT2D eigenvalue weighted by atomic mass is 10.1. The SMILES string of the molecule is CCOc1ccc(NC(=NC)NCc2cc(OC)c(OC)cc2OC)cc1OC.I. The number of hydrogen-bond donors (Lipinski definition) is 2. The van der Waals surface area contributed by atoms with Gasteiger partial charge in [0.15, 0.2) is 29.0 Å². The van der Waals surface area contributed by atoms with Gasteiger partial charge < -0.3 is 34.3 Å². The number of nitrogens with zero attached hydrogens (tertiary/aromatic N) is 1. The minimum atomic E-state index is 0. The van der Waals surface area contributed by atoms with E-state index >= 15 is 0 Å². The summed E-state index contributed by atoms with van der Waals surface area (Å²) in [5.41, 5.74) is 1.72. The summed E-state index contributed by atoms with van der Waals surface area (Å²) in [4.78, 5) is 4.27. The minimum absolute atomic E-state index is 0. The second kappa shape index (κ2) is 12.9. The van der Waals surface area contributed by atoms with Crippen molar-refractivity contribution in [1.29, 1.82) is 0 Å². The summed E-state index contributed by atoms with van der Waals surface area (Å²) in [7, 11) is 8.11. The molecule has 0 bridgehead atoms. The Hall–Kier alpha value is -2.56. The molecule has 0 saturated heterocycles. The fraction of sp³-hybridized carbons (Fsp3) is 0.381. The first-order valence-corrected chi connectivity index (χ1v) is 9.17. The topological polar surface area (TPSA) is 82.6 Å². The first-order valence-electron chi connectivity index (χ1n) is 9.17. The van der Waals surface area contributed by atoms with E-state index < -0.39 is 0 Å². The smallest absolute Gasteiger partial charge is 0.195 e. The third kappa shape index (κ3) is 6.48. The van der Waals surface area contributed by atoms with Crippen LogP contribution in [0.15, 0.2) is 35.3 Å². The quantitative estimate of drug-likeness (QED) is 0.288. The molecule has 0 aromatic heterocycles. The van der Waals surface area contributed by atoms with Crippen LogP contribution in [0.4, 0.5) is 5.69 Å². The monoisotopic (exact) mass is 531 g/mol. The van der Waals surface area contributed by atoms with E-state index in [9.17, 15) is 0 Å². The van der Waals surface area contributed by atoms with Crippen LogP contribution < -0.4 is 34.3 Å². The van der Waals surface area contributed by atoms with Gasteiger partial charge in [-0.2, -0.15) is 0 Å². The molecule has 0 radical (unpaired) electrons. The average molecular weight is 531 g/mol. The second-order valence-corrected chi connectivity index (χ2v) is 5.87. The fourth-order valence-corrected chi connectivity index (χ4v) is 2.75. The number of anilines is 1. The Labute approximate surface area is 194 Å². The number of benzene rings is 2. The molecule has 2 N–H and O–H groups in total. The maximum absolute atomic E-state index is 5.55. The van der Waals surface area contributed by atoms with Crippen LogP contribution in [0.5, 0.6) is 28.7 Å². The first kappa shape index (κ1) is 25.5. The molecule has 0 fully saturated rings.